The third-order valence-electron chi connectivity index (χ3n) is 4.14. The van der Waals surface area contributed by atoms with E-state index in [1.54, 1.807) is 44.2 Å². The fourth-order valence-corrected chi connectivity index (χ4v) is 4.26. The highest BCUT2D eigenvalue weighted by Crippen LogP contribution is 2.24. The van der Waals surface area contributed by atoms with Crippen LogP contribution in [0.15, 0.2) is 47.4 Å². The molecular formula is C20H25N3O5S. The maximum absolute atomic E-state index is 12.9. The molecule has 0 unspecified atom stereocenters. The summed E-state index contributed by atoms with van der Waals surface area (Å²) in [5.74, 6) is -0.129. The van der Waals surface area contributed by atoms with Crippen molar-refractivity contribution < 1.29 is 22.7 Å². The molecule has 0 saturated carbocycles. The Labute approximate surface area is 170 Å². The molecule has 0 fully saturated rings. The van der Waals surface area contributed by atoms with E-state index in [0.717, 1.165) is 4.31 Å². The molecule has 156 valence electrons. The Hall–Kier alpha value is -2.91. The lowest BCUT2D eigenvalue weighted by Gasteiger charge is -2.20. The molecule has 0 saturated heterocycles. The van der Waals surface area contributed by atoms with Crippen molar-refractivity contribution in [1.29, 1.82) is 0 Å². The maximum Gasteiger partial charge on any atom is 0.243 e. The van der Waals surface area contributed by atoms with Crippen LogP contribution in [0.3, 0.4) is 0 Å². The molecule has 2 rings (SSSR count). The first kappa shape index (κ1) is 22.4. The van der Waals surface area contributed by atoms with Gasteiger partial charge < -0.3 is 15.4 Å². The van der Waals surface area contributed by atoms with E-state index in [-0.39, 0.29) is 23.9 Å². The Morgan fingerprint density at radius 1 is 1.07 bits per heavy atom. The Kier molecular flexibility index (Phi) is 7.35. The highest BCUT2D eigenvalue weighted by Gasteiger charge is 2.26. The van der Waals surface area contributed by atoms with Gasteiger partial charge in [0, 0.05) is 24.8 Å². The molecule has 2 N–H and O–H groups in total. The lowest BCUT2D eigenvalue weighted by molar-refractivity contribution is -0.116. The van der Waals surface area contributed by atoms with Gasteiger partial charge in [0.15, 0.2) is 0 Å². The zero-order valence-corrected chi connectivity index (χ0v) is 17.7. The first-order valence-corrected chi connectivity index (χ1v) is 10.4. The molecule has 2 aromatic carbocycles. The summed E-state index contributed by atoms with van der Waals surface area (Å²) in [6.07, 6.45) is 0. The zero-order chi connectivity index (χ0) is 21.6. The molecule has 29 heavy (non-hydrogen) atoms. The highest BCUT2D eigenvalue weighted by atomic mass is 32.2. The van der Waals surface area contributed by atoms with Gasteiger partial charge in [0.25, 0.3) is 0 Å². The summed E-state index contributed by atoms with van der Waals surface area (Å²) in [6.45, 7) is 4.60. The zero-order valence-electron chi connectivity index (χ0n) is 16.9. The van der Waals surface area contributed by atoms with E-state index in [0.29, 0.717) is 22.7 Å². The summed E-state index contributed by atoms with van der Waals surface area (Å²) < 4.78 is 32.1. The number of amides is 2. The standard InChI is InChI=1S/C20H25N3O5S/c1-5-23(29(26,27)18-9-10-19(28-4)14(2)11-18)13-20(25)22-17-8-6-7-16(12-17)21-15(3)24/h6-12H,5,13H2,1-4H3,(H,21,24)(H,22,25). The van der Waals surface area contributed by atoms with Gasteiger partial charge in [0.1, 0.15) is 5.75 Å². The topological polar surface area (TPSA) is 105 Å². The fourth-order valence-electron chi connectivity index (χ4n) is 2.77. The van der Waals surface area contributed by atoms with Gasteiger partial charge in [-0.05, 0) is 48.9 Å². The minimum absolute atomic E-state index is 0.0955. The van der Waals surface area contributed by atoms with E-state index in [9.17, 15) is 18.0 Å². The lowest BCUT2D eigenvalue weighted by Crippen LogP contribution is -2.37. The number of anilines is 2. The summed E-state index contributed by atoms with van der Waals surface area (Å²) >= 11 is 0. The average Bonchev–Trinajstić information content (AvgIpc) is 2.65. The van der Waals surface area contributed by atoms with Crippen LogP contribution >= 0.6 is 0 Å². The number of sulfonamides is 1. The monoisotopic (exact) mass is 419 g/mol. The minimum Gasteiger partial charge on any atom is -0.496 e. The fraction of sp³-hybridized carbons (Fsp3) is 0.300. The van der Waals surface area contributed by atoms with Crippen LogP contribution in [0.1, 0.15) is 19.4 Å². The van der Waals surface area contributed by atoms with Gasteiger partial charge in [-0.1, -0.05) is 13.0 Å². The van der Waals surface area contributed by atoms with Crippen LogP contribution in [-0.4, -0.2) is 44.7 Å². The number of hydrogen-bond acceptors (Lipinski definition) is 5. The predicted molar refractivity (Wildman–Crippen MR) is 112 cm³/mol. The first-order chi connectivity index (χ1) is 13.7. The van der Waals surface area contributed by atoms with Gasteiger partial charge in [-0.2, -0.15) is 4.31 Å². The van der Waals surface area contributed by atoms with Crippen molar-refractivity contribution in [2.24, 2.45) is 0 Å². The van der Waals surface area contributed by atoms with Crippen LogP contribution in [0, 0.1) is 6.92 Å². The number of nitrogens with zero attached hydrogens (tertiary/aromatic N) is 1. The van der Waals surface area contributed by atoms with Crippen LogP contribution in [0.25, 0.3) is 0 Å². The number of benzene rings is 2. The normalized spacial score (nSPS) is 11.2. The lowest BCUT2D eigenvalue weighted by atomic mass is 10.2. The van der Waals surface area contributed by atoms with Crippen molar-refractivity contribution in [3.05, 3.63) is 48.0 Å². The molecule has 0 atom stereocenters. The second-order valence-corrected chi connectivity index (χ2v) is 8.31. The third-order valence-corrected chi connectivity index (χ3v) is 6.06. The van der Waals surface area contributed by atoms with Gasteiger partial charge in [0.05, 0.1) is 18.6 Å². The number of hydrogen-bond donors (Lipinski definition) is 2. The molecule has 2 amide bonds. The van der Waals surface area contributed by atoms with Gasteiger partial charge >= 0.3 is 0 Å². The SMILES string of the molecule is CCN(CC(=O)Nc1cccc(NC(C)=O)c1)S(=O)(=O)c1ccc(OC)c(C)c1. The largest absolute Gasteiger partial charge is 0.496 e. The van der Waals surface area contributed by atoms with Crippen LogP contribution < -0.4 is 15.4 Å². The second kappa shape index (κ2) is 9.53. The molecule has 0 aliphatic rings. The number of rotatable bonds is 8. The molecule has 0 bridgehead atoms. The van der Waals surface area contributed by atoms with Crippen LogP contribution in [-0.2, 0) is 19.6 Å². The van der Waals surface area contributed by atoms with Crippen molar-refractivity contribution >= 4 is 33.2 Å². The summed E-state index contributed by atoms with van der Waals surface area (Å²) in [5, 5.41) is 5.28. The summed E-state index contributed by atoms with van der Waals surface area (Å²) in [4.78, 5) is 23.7. The van der Waals surface area contributed by atoms with Crippen LogP contribution in [0.2, 0.25) is 0 Å². The highest BCUT2D eigenvalue weighted by molar-refractivity contribution is 7.89. The summed E-state index contributed by atoms with van der Waals surface area (Å²) in [7, 11) is -2.34. The number of carbonyl (C=O) groups is 2. The Bertz CT molecular complexity index is 1000. The van der Waals surface area contributed by atoms with Crippen LogP contribution in [0.5, 0.6) is 5.75 Å². The van der Waals surface area contributed by atoms with Crippen molar-refractivity contribution in [3.63, 3.8) is 0 Å². The number of nitrogens with one attached hydrogen (secondary N) is 2. The van der Waals surface area contributed by atoms with Gasteiger partial charge in [-0.25, -0.2) is 8.42 Å². The molecule has 0 radical (unpaired) electrons. The first-order valence-electron chi connectivity index (χ1n) is 8.99. The maximum atomic E-state index is 12.9. The summed E-state index contributed by atoms with van der Waals surface area (Å²) in [5.41, 5.74) is 1.67. The quantitative estimate of drug-likeness (QED) is 0.684. The van der Waals surface area contributed by atoms with Crippen LogP contribution in [0.4, 0.5) is 11.4 Å². The molecular weight excluding hydrogens is 394 g/mol. The van der Waals surface area contributed by atoms with E-state index in [1.165, 1.54) is 26.2 Å². The van der Waals surface area contributed by atoms with E-state index >= 15 is 0 Å². The number of ether oxygens (including phenoxy) is 1. The number of aryl methyl sites for hydroxylation is 1. The number of methoxy groups -OCH3 is 1. The van der Waals surface area contributed by atoms with Gasteiger partial charge in [0.2, 0.25) is 21.8 Å². The van der Waals surface area contributed by atoms with E-state index in [4.69, 9.17) is 4.74 Å². The Morgan fingerprint density at radius 3 is 2.28 bits per heavy atom. The van der Waals surface area contributed by atoms with E-state index < -0.39 is 15.9 Å². The minimum atomic E-state index is -3.85. The predicted octanol–water partition coefficient (Wildman–Crippen LogP) is 2.61. The summed E-state index contributed by atoms with van der Waals surface area (Å²) in [6, 6.07) is 11.2. The molecule has 0 heterocycles. The van der Waals surface area contributed by atoms with Crippen molar-refractivity contribution in [3.8, 4) is 5.75 Å². The van der Waals surface area contributed by atoms with Gasteiger partial charge in [-0.15, -0.1) is 0 Å². The smallest absolute Gasteiger partial charge is 0.243 e. The Balaban J connectivity index is 2.15. The molecule has 8 nitrogen and oxygen atoms in total. The molecule has 0 aromatic heterocycles. The Morgan fingerprint density at radius 2 is 1.72 bits per heavy atom. The number of likely N-dealkylation sites (N-methyl/N-ethyl adjacent to an activating group) is 1. The molecule has 2 aromatic rings. The second-order valence-electron chi connectivity index (χ2n) is 6.37. The molecule has 0 aliphatic carbocycles. The van der Waals surface area contributed by atoms with Crippen molar-refractivity contribution in [2.75, 3.05) is 30.8 Å². The third kappa shape index (κ3) is 5.78. The van der Waals surface area contributed by atoms with E-state index in [1.807, 2.05) is 0 Å². The van der Waals surface area contributed by atoms with Crippen molar-refractivity contribution in [2.45, 2.75) is 25.7 Å². The van der Waals surface area contributed by atoms with Crippen molar-refractivity contribution in [1.82, 2.24) is 4.31 Å². The average molecular weight is 420 g/mol. The molecule has 0 aliphatic heterocycles. The van der Waals surface area contributed by atoms with E-state index in [2.05, 4.69) is 10.6 Å². The molecule has 9 heteroatoms. The molecule has 0 spiro atoms. The van der Waals surface area contributed by atoms with Gasteiger partial charge in [-0.3, -0.25) is 9.59 Å². The number of carbonyl (C=O) groups excluding carboxylic acids is 2.